The normalized spacial score (nSPS) is 14.2. The third-order valence-corrected chi connectivity index (χ3v) is 6.22. The highest BCUT2D eigenvalue weighted by Crippen LogP contribution is 2.45. The molecule has 2 heterocycles. The van der Waals surface area contributed by atoms with E-state index in [4.69, 9.17) is 10.00 Å². The number of nitriles is 1. The van der Waals surface area contributed by atoms with E-state index in [1.54, 1.807) is 6.07 Å². The molecule has 1 aliphatic heterocycles. The minimum absolute atomic E-state index is 0.475. The van der Waals surface area contributed by atoms with E-state index >= 15 is 0 Å². The summed E-state index contributed by atoms with van der Waals surface area (Å²) in [5.74, 6) is 1.39. The monoisotopic (exact) mass is 460 g/mol. The van der Waals surface area contributed by atoms with E-state index in [1.807, 2.05) is 78.9 Å². The molecule has 2 aromatic carbocycles. The Kier molecular flexibility index (Phi) is 6.31. The third-order valence-electron chi connectivity index (χ3n) is 4.47. The number of allylic oxidation sites excluding steroid dienone is 4. The summed E-state index contributed by atoms with van der Waals surface area (Å²) in [6.07, 6.45) is 8.33. The molecule has 32 heavy (non-hydrogen) atoms. The summed E-state index contributed by atoms with van der Waals surface area (Å²) in [5.41, 5.74) is 2.72. The van der Waals surface area contributed by atoms with Gasteiger partial charge in [-0.3, -0.25) is 4.57 Å². The molecule has 0 bridgehead atoms. The maximum atomic E-state index is 11.4. The summed E-state index contributed by atoms with van der Waals surface area (Å²) in [6.45, 7) is 0. The fraction of sp³-hybridized carbons (Fsp3) is 0. The van der Waals surface area contributed by atoms with Crippen LogP contribution in [0.25, 0.3) is 23.7 Å². The molecule has 0 radical (unpaired) electrons. The Balaban J connectivity index is 1.72. The average molecular weight is 460 g/mol. The van der Waals surface area contributed by atoms with E-state index in [0.717, 1.165) is 16.7 Å². The Morgan fingerprint density at radius 2 is 1.56 bits per heavy atom. The van der Waals surface area contributed by atoms with Crippen LogP contribution in [0.2, 0.25) is 0 Å². The molecule has 8 heteroatoms. The van der Waals surface area contributed by atoms with Gasteiger partial charge in [-0.2, -0.15) is 5.26 Å². The van der Waals surface area contributed by atoms with Gasteiger partial charge in [0.1, 0.15) is 27.9 Å². The van der Waals surface area contributed by atoms with Gasteiger partial charge in [0.15, 0.2) is 0 Å². The average Bonchev–Trinajstić information content (AvgIpc) is 3.24. The highest BCUT2D eigenvalue weighted by atomic mass is 32.1. The first-order valence-corrected chi connectivity index (χ1v) is 11.9. The van der Waals surface area contributed by atoms with Crippen molar-refractivity contribution in [2.75, 3.05) is 0 Å². The number of thiazole rings is 1. The van der Waals surface area contributed by atoms with Crippen molar-refractivity contribution in [2.24, 2.45) is 0 Å². The zero-order valence-electron chi connectivity index (χ0n) is 16.6. The van der Waals surface area contributed by atoms with Gasteiger partial charge >= 0.3 is 7.60 Å². The second-order valence-corrected chi connectivity index (χ2v) is 9.45. The second kappa shape index (κ2) is 9.31. The minimum Gasteiger partial charge on any atom is -0.456 e. The van der Waals surface area contributed by atoms with Gasteiger partial charge in [0.25, 0.3) is 0 Å². The van der Waals surface area contributed by atoms with Gasteiger partial charge in [0, 0.05) is 22.2 Å². The van der Waals surface area contributed by atoms with Crippen molar-refractivity contribution >= 4 is 42.6 Å². The molecule has 1 aliphatic rings. The van der Waals surface area contributed by atoms with Crippen LogP contribution in [0.1, 0.15) is 21.0 Å². The molecule has 4 rings (SSSR count). The van der Waals surface area contributed by atoms with Crippen molar-refractivity contribution in [2.45, 2.75) is 0 Å². The number of aromatic nitrogens is 1. The van der Waals surface area contributed by atoms with Gasteiger partial charge in [0.05, 0.1) is 0 Å². The molecule has 0 fully saturated rings. The number of hydrogen-bond donors (Lipinski definition) is 2. The summed E-state index contributed by atoms with van der Waals surface area (Å²) in [4.78, 5) is 23.3. The summed E-state index contributed by atoms with van der Waals surface area (Å²) in [5, 5.41) is 9.03. The highest BCUT2D eigenvalue weighted by Gasteiger charge is 2.21. The molecule has 0 atom stereocenters. The van der Waals surface area contributed by atoms with Gasteiger partial charge in [0.2, 0.25) is 0 Å². The number of hydrogen-bond acceptors (Lipinski definition) is 5. The maximum absolute atomic E-state index is 11.4. The first-order valence-electron chi connectivity index (χ1n) is 9.50. The second-order valence-electron chi connectivity index (χ2n) is 6.78. The van der Waals surface area contributed by atoms with Gasteiger partial charge in [-0.15, -0.1) is 11.3 Å². The standard InChI is InChI=1S/C24H17N2O4PS/c25-15-20(31(27,28)29)14-21-16-26-24(32-21)13-17-11-22(18-7-3-1-4-8-18)30-23(12-17)19-9-5-2-6-10-19/h1-14,16H,(H2,27,28,29)/b20-14+. The van der Waals surface area contributed by atoms with E-state index in [9.17, 15) is 14.4 Å². The predicted molar refractivity (Wildman–Crippen MR) is 126 cm³/mol. The van der Waals surface area contributed by atoms with Crippen molar-refractivity contribution in [3.63, 3.8) is 0 Å². The van der Waals surface area contributed by atoms with Crippen molar-refractivity contribution in [3.05, 3.63) is 111 Å². The molecule has 6 nitrogen and oxygen atoms in total. The van der Waals surface area contributed by atoms with Crippen LogP contribution in [0.4, 0.5) is 0 Å². The molecule has 0 unspecified atom stereocenters. The van der Waals surface area contributed by atoms with Crippen LogP contribution in [-0.4, -0.2) is 14.8 Å². The Bertz CT molecular complexity index is 1290. The first-order chi connectivity index (χ1) is 15.4. The molecular weight excluding hydrogens is 443 g/mol. The van der Waals surface area contributed by atoms with Crippen LogP contribution >= 0.6 is 18.9 Å². The molecule has 0 amide bonds. The molecule has 158 valence electrons. The van der Waals surface area contributed by atoms with Crippen LogP contribution in [0.15, 0.2) is 89.9 Å². The van der Waals surface area contributed by atoms with Crippen LogP contribution in [0.3, 0.4) is 0 Å². The highest BCUT2D eigenvalue weighted by molar-refractivity contribution is 7.57. The molecule has 3 aromatic rings. The summed E-state index contributed by atoms with van der Waals surface area (Å²) < 4.78 is 17.5. The van der Waals surface area contributed by atoms with Crippen molar-refractivity contribution < 1.29 is 19.1 Å². The Morgan fingerprint density at radius 3 is 2.06 bits per heavy atom. The fourth-order valence-electron chi connectivity index (χ4n) is 2.99. The lowest BCUT2D eigenvalue weighted by molar-refractivity contribution is 0.384. The van der Waals surface area contributed by atoms with Crippen LogP contribution in [-0.2, 0) is 9.30 Å². The first kappa shape index (κ1) is 21.7. The van der Waals surface area contributed by atoms with E-state index in [1.165, 1.54) is 23.6 Å². The van der Waals surface area contributed by atoms with Crippen LogP contribution in [0, 0.1) is 11.3 Å². The SMILES string of the molecule is N#C/C(=C\c1cnc(C=C2C=C(c3ccccc3)OC(c3ccccc3)=C2)s1)P(=O)(O)O. The zero-order valence-corrected chi connectivity index (χ0v) is 18.3. The number of benzene rings is 2. The van der Waals surface area contributed by atoms with Crippen molar-refractivity contribution in [3.8, 4) is 6.07 Å². The number of nitrogens with zero attached hydrogens (tertiary/aromatic N) is 2. The lowest BCUT2D eigenvalue weighted by Gasteiger charge is -2.19. The van der Waals surface area contributed by atoms with E-state index < -0.39 is 12.9 Å². The van der Waals surface area contributed by atoms with Crippen molar-refractivity contribution in [1.29, 1.82) is 5.26 Å². The van der Waals surface area contributed by atoms with E-state index in [-0.39, 0.29) is 0 Å². The van der Waals surface area contributed by atoms with Crippen LogP contribution < -0.4 is 0 Å². The summed E-state index contributed by atoms with van der Waals surface area (Å²) >= 11 is 1.22. The van der Waals surface area contributed by atoms with Crippen molar-refractivity contribution in [1.82, 2.24) is 4.98 Å². The zero-order chi connectivity index (χ0) is 22.6. The van der Waals surface area contributed by atoms with Gasteiger partial charge in [-0.05, 0) is 29.9 Å². The fourth-order valence-corrected chi connectivity index (χ4v) is 4.34. The molecule has 1 aromatic heterocycles. The Morgan fingerprint density at radius 1 is 1.00 bits per heavy atom. The Hall–Kier alpha value is -3.53. The lowest BCUT2D eigenvalue weighted by Crippen LogP contribution is -1.99. The lowest BCUT2D eigenvalue weighted by atomic mass is 10.0. The van der Waals surface area contributed by atoms with Crippen LogP contribution in [0.5, 0.6) is 0 Å². The largest absolute Gasteiger partial charge is 0.456 e. The van der Waals surface area contributed by atoms with E-state index in [2.05, 4.69) is 4.98 Å². The minimum atomic E-state index is -4.62. The molecule has 0 spiro atoms. The van der Waals surface area contributed by atoms with E-state index in [0.29, 0.717) is 21.4 Å². The quantitative estimate of drug-likeness (QED) is 0.375. The van der Waals surface area contributed by atoms with Gasteiger partial charge in [-0.25, -0.2) is 4.98 Å². The molecule has 0 aliphatic carbocycles. The van der Waals surface area contributed by atoms with Gasteiger partial charge in [-0.1, -0.05) is 60.7 Å². The Labute approximate surface area is 188 Å². The smallest absolute Gasteiger partial charge is 0.366 e. The number of rotatable bonds is 5. The summed E-state index contributed by atoms with van der Waals surface area (Å²) in [7, 11) is -4.62. The predicted octanol–water partition coefficient (Wildman–Crippen LogP) is 5.68. The summed E-state index contributed by atoms with van der Waals surface area (Å²) in [6, 6.07) is 21.1. The topological polar surface area (TPSA) is 103 Å². The molecule has 0 saturated heterocycles. The number of ether oxygens (including phenoxy) is 1. The van der Waals surface area contributed by atoms with Gasteiger partial charge < -0.3 is 14.5 Å². The maximum Gasteiger partial charge on any atom is 0.366 e. The molecule has 0 saturated carbocycles. The molecular formula is C24H17N2O4PS. The third kappa shape index (κ3) is 5.20. The molecule has 2 N–H and O–H groups in total.